The van der Waals surface area contributed by atoms with Crippen LogP contribution in [0.1, 0.15) is 31.2 Å². The first-order chi connectivity index (χ1) is 15.1. The molecule has 7 nitrogen and oxygen atoms in total. The molecule has 2 aromatic heterocycles. The smallest absolute Gasteiger partial charge is 0.250 e. The first kappa shape index (κ1) is 19.5. The van der Waals surface area contributed by atoms with Gasteiger partial charge in [0.25, 0.3) is 5.56 Å². The van der Waals surface area contributed by atoms with Crippen LogP contribution in [0.2, 0.25) is 0 Å². The molecule has 0 radical (unpaired) electrons. The average molecular weight is 418 g/mol. The number of nitrogens with zero attached hydrogens (tertiary/aromatic N) is 5. The van der Waals surface area contributed by atoms with Gasteiger partial charge in [-0.25, -0.2) is 14.4 Å². The molecule has 0 atom stereocenters. The Bertz CT molecular complexity index is 1220. The molecule has 1 saturated carbocycles. The summed E-state index contributed by atoms with van der Waals surface area (Å²) in [7, 11) is 0. The van der Waals surface area contributed by atoms with Gasteiger partial charge in [0.1, 0.15) is 5.82 Å². The molecule has 3 aromatic rings. The van der Waals surface area contributed by atoms with Crippen LogP contribution < -0.4 is 15.8 Å². The van der Waals surface area contributed by atoms with Gasteiger partial charge in [0.05, 0.1) is 22.7 Å². The van der Waals surface area contributed by atoms with E-state index >= 15 is 0 Å². The Morgan fingerprint density at radius 3 is 2.65 bits per heavy atom. The molecule has 0 amide bonds. The molecule has 3 heterocycles. The molecule has 158 valence electrons. The van der Waals surface area contributed by atoms with Crippen LogP contribution in [0.3, 0.4) is 0 Å². The second-order valence-corrected chi connectivity index (χ2v) is 8.40. The number of hydrogen-bond acceptors (Lipinski definition) is 6. The van der Waals surface area contributed by atoms with Crippen molar-refractivity contribution in [3.63, 3.8) is 0 Å². The lowest BCUT2D eigenvalue weighted by Crippen LogP contribution is -2.37. The van der Waals surface area contributed by atoms with Crippen LogP contribution in [0, 0.1) is 23.1 Å². The number of nitriles is 1. The van der Waals surface area contributed by atoms with Gasteiger partial charge in [0, 0.05) is 37.9 Å². The van der Waals surface area contributed by atoms with Crippen molar-refractivity contribution in [2.24, 2.45) is 5.92 Å². The highest BCUT2D eigenvalue weighted by atomic mass is 19.1. The highest BCUT2D eigenvalue weighted by Gasteiger charge is 2.27. The van der Waals surface area contributed by atoms with Crippen molar-refractivity contribution in [3.05, 3.63) is 58.3 Å². The van der Waals surface area contributed by atoms with Gasteiger partial charge in [-0.2, -0.15) is 5.26 Å². The predicted molar refractivity (Wildman–Crippen MR) is 116 cm³/mol. The second-order valence-electron chi connectivity index (χ2n) is 8.40. The molecule has 0 unspecified atom stereocenters. The molecule has 1 aliphatic heterocycles. The molecule has 31 heavy (non-hydrogen) atoms. The summed E-state index contributed by atoms with van der Waals surface area (Å²) in [6.07, 6.45) is 5.31. The topological polar surface area (TPSA) is 86.8 Å². The maximum Gasteiger partial charge on any atom is 0.250 e. The summed E-state index contributed by atoms with van der Waals surface area (Å²) in [4.78, 5) is 23.9. The molecule has 1 saturated heterocycles. The summed E-state index contributed by atoms with van der Waals surface area (Å²) < 4.78 is 15.0. The van der Waals surface area contributed by atoms with Crippen molar-refractivity contribution in [2.45, 2.75) is 38.3 Å². The number of rotatable bonds is 5. The van der Waals surface area contributed by atoms with Gasteiger partial charge in [-0.1, -0.05) is 0 Å². The molecule has 1 N–H and O–H groups in total. The second kappa shape index (κ2) is 7.99. The Hall–Kier alpha value is -3.47. The number of pyridine rings is 1. The van der Waals surface area contributed by atoms with Crippen LogP contribution in [-0.2, 0) is 6.54 Å². The van der Waals surface area contributed by atoms with E-state index in [4.69, 9.17) is 9.97 Å². The van der Waals surface area contributed by atoms with Gasteiger partial charge in [0.15, 0.2) is 11.6 Å². The van der Waals surface area contributed by atoms with E-state index in [9.17, 15) is 14.4 Å². The zero-order valence-electron chi connectivity index (χ0n) is 17.1. The van der Waals surface area contributed by atoms with E-state index in [1.807, 2.05) is 6.07 Å². The minimum Gasteiger partial charge on any atom is -0.364 e. The summed E-state index contributed by atoms with van der Waals surface area (Å²) in [5.41, 5.74) is 1.87. The third-order valence-corrected chi connectivity index (χ3v) is 6.01. The molecule has 2 fully saturated rings. The Labute approximate surface area is 179 Å². The number of fused-ring (bicyclic) bond motifs is 1. The van der Waals surface area contributed by atoms with Crippen LogP contribution in [-0.4, -0.2) is 33.7 Å². The summed E-state index contributed by atoms with van der Waals surface area (Å²) >= 11 is 0. The maximum atomic E-state index is 13.5. The highest BCUT2D eigenvalue weighted by molar-refractivity contribution is 5.82. The Morgan fingerprint density at radius 1 is 1.10 bits per heavy atom. The lowest BCUT2D eigenvalue weighted by Gasteiger charge is -2.34. The van der Waals surface area contributed by atoms with Gasteiger partial charge in [-0.15, -0.1) is 0 Å². The summed E-state index contributed by atoms with van der Waals surface area (Å²) in [5, 5.41) is 12.7. The minimum absolute atomic E-state index is 0.173. The molecule has 5 rings (SSSR count). The largest absolute Gasteiger partial charge is 0.364 e. The molecule has 0 spiro atoms. The van der Waals surface area contributed by atoms with Gasteiger partial charge in [-0.05, 0) is 55.9 Å². The fourth-order valence-corrected chi connectivity index (χ4v) is 4.10. The highest BCUT2D eigenvalue weighted by Crippen LogP contribution is 2.33. The van der Waals surface area contributed by atoms with E-state index in [1.165, 1.54) is 22.9 Å². The Morgan fingerprint density at radius 2 is 1.90 bits per heavy atom. The molecular formula is C23H23FN6O. The summed E-state index contributed by atoms with van der Waals surface area (Å²) in [5.74, 6) is 1.51. The number of anilines is 2. The zero-order chi connectivity index (χ0) is 21.4. The molecule has 2 aliphatic rings. The molecule has 1 aromatic carbocycles. The monoisotopic (exact) mass is 418 g/mol. The first-order valence-corrected chi connectivity index (χ1v) is 10.7. The predicted octanol–water partition coefficient (Wildman–Crippen LogP) is 3.29. The number of aromatic nitrogens is 3. The van der Waals surface area contributed by atoms with Crippen LogP contribution >= 0.6 is 0 Å². The average Bonchev–Trinajstić information content (AvgIpc) is 3.60. The summed E-state index contributed by atoms with van der Waals surface area (Å²) in [6.45, 7) is 2.09. The number of benzene rings is 1. The lowest BCUT2D eigenvalue weighted by molar-refractivity contribution is 0.349. The van der Waals surface area contributed by atoms with Crippen molar-refractivity contribution in [3.8, 4) is 6.07 Å². The van der Waals surface area contributed by atoms with Crippen molar-refractivity contribution >= 4 is 22.7 Å². The Kier molecular flexibility index (Phi) is 5.02. The van der Waals surface area contributed by atoms with Crippen LogP contribution in [0.5, 0.6) is 0 Å². The van der Waals surface area contributed by atoms with Crippen molar-refractivity contribution in [1.29, 1.82) is 5.26 Å². The van der Waals surface area contributed by atoms with Crippen LogP contribution in [0.25, 0.3) is 11.0 Å². The third-order valence-electron chi connectivity index (χ3n) is 6.01. The third kappa shape index (κ3) is 4.22. The molecular weight excluding hydrogens is 395 g/mol. The molecule has 8 heteroatoms. The molecule has 0 bridgehead atoms. The standard InChI is InChI=1S/C23H23FN6O/c24-17-2-6-21(31)30(14-17)13-15-7-9-29(10-8-15)23-22(26-18-3-4-18)27-19-5-1-16(12-25)11-20(19)28-23/h1-2,5-6,11,14-15,18H,3-4,7-10,13H2,(H,26,27). The SMILES string of the molecule is N#Cc1ccc2nc(NC3CC3)c(N3CCC(Cn4cc(F)ccc4=O)CC3)nc2c1. The van der Waals surface area contributed by atoms with E-state index in [0.29, 0.717) is 29.6 Å². The fraction of sp³-hybridized carbons (Fsp3) is 0.391. The van der Waals surface area contributed by atoms with Crippen molar-refractivity contribution in [1.82, 2.24) is 14.5 Å². The van der Waals surface area contributed by atoms with Gasteiger partial charge in [-0.3, -0.25) is 4.79 Å². The van der Waals surface area contributed by atoms with E-state index < -0.39 is 5.82 Å². The van der Waals surface area contributed by atoms with Gasteiger partial charge < -0.3 is 14.8 Å². The minimum atomic E-state index is -0.393. The fourth-order valence-electron chi connectivity index (χ4n) is 4.10. The van der Waals surface area contributed by atoms with Crippen LogP contribution in [0.4, 0.5) is 16.0 Å². The van der Waals surface area contributed by atoms with E-state index in [1.54, 1.807) is 12.1 Å². The molecule has 1 aliphatic carbocycles. The zero-order valence-corrected chi connectivity index (χ0v) is 17.1. The first-order valence-electron chi connectivity index (χ1n) is 10.7. The normalized spacial score (nSPS) is 17.0. The van der Waals surface area contributed by atoms with Crippen molar-refractivity contribution < 1.29 is 4.39 Å². The van der Waals surface area contributed by atoms with E-state index in [-0.39, 0.29) is 5.56 Å². The van der Waals surface area contributed by atoms with Gasteiger partial charge >= 0.3 is 0 Å². The summed E-state index contributed by atoms with van der Waals surface area (Å²) in [6, 6.07) is 10.5. The van der Waals surface area contributed by atoms with Gasteiger partial charge in [0.2, 0.25) is 0 Å². The number of halogens is 1. The van der Waals surface area contributed by atoms with E-state index in [0.717, 1.165) is 55.9 Å². The lowest BCUT2D eigenvalue weighted by atomic mass is 9.96. The quantitative estimate of drug-likeness (QED) is 0.684. The number of hydrogen-bond donors (Lipinski definition) is 1. The number of nitrogens with one attached hydrogen (secondary N) is 1. The maximum absolute atomic E-state index is 13.5. The Balaban J connectivity index is 1.37. The van der Waals surface area contributed by atoms with Crippen LogP contribution in [0.15, 0.2) is 41.3 Å². The number of piperidine rings is 1. The van der Waals surface area contributed by atoms with Crippen molar-refractivity contribution in [2.75, 3.05) is 23.3 Å². The van der Waals surface area contributed by atoms with E-state index in [2.05, 4.69) is 16.3 Å².